The van der Waals surface area contributed by atoms with Crippen molar-refractivity contribution in [3.63, 3.8) is 0 Å². The summed E-state index contributed by atoms with van der Waals surface area (Å²) in [5.41, 5.74) is 0. The first kappa shape index (κ1) is 33.7. The fraction of sp³-hybridized carbons (Fsp3) is 0.500. The monoisotopic (exact) mass is 702 g/mol. The van der Waals surface area contributed by atoms with Gasteiger partial charge in [-0.2, -0.15) is 0 Å². The summed E-state index contributed by atoms with van der Waals surface area (Å²) in [7, 11) is -24.3. The van der Waals surface area contributed by atoms with E-state index in [0.717, 1.165) is 10.4 Å². The second-order valence-corrected chi connectivity index (χ2v) is 40.7. The first-order valence-electron chi connectivity index (χ1n) is 14.0. The second-order valence-electron chi connectivity index (χ2n) is 13.2. The highest BCUT2D eigenvalue weighted by Gasteiger charge is 2.66. The molecule has 228 valence electrons. The van der Waals surface area contributed by atoms with Crippen LogP contribution in [0.1, 0.15) is 0 Å². The van der Waals surface area contributed by atoms with E-state index in [2.05, 4.69) is 0 Å². The molecule has 0 N–H and O–H groups in total. The Morgan fingerprint density at radius 1 is 0.341 bits per heavy atom. The minimum atomic E-state index is -3.86. The summed E-state index contributed by atoms with van der Waals surface area (Å²) in [6, 6.07) is 19.8. The lowest BCUT2D eigenvalue weighted by Gasteiger charge is -2.52. The van der Waals surface area contributed by atoms with Gasteiger partial charge in [-0.1, -0.05) is 60.7 Å². The van der Waals surface area contributed by atoms with E-state index in [-0.39, 0.29) is 0 Å². The fourth-order valence-corrected chi connectivity index (χ4v) is 47.0. The van der Waals surface area contributed by atoms with E-state index < -0.39 is 69.0 Å². The molecule has 0 radical (unpaired) electrons. The Balaban J connectivity index is 1.99. The molecule has 2 saturated heterocycles. The van der Waals surface area contributed by atoms with E-state index in [9.17, 15) is 0 Å². The van der Waals surface area contributed by atoms with Crippen LogP contribution in [0.4, 0.5) is 0 Å². The second kappa shape index (κ2) is 11.3. The molecule has 0 spiro atoms. The van der Waals surface area contributed by atoms with Crippen LogP contribution in [0.2, 0.25) is 78.6 Å². The van der Waals surface area contributed by atoms with E-state index in [1.165, 1.54) is 0 Å². The Hall–Kier alpha value is -0.185. The molecule has 2 aromatic rings. The number of hydrogen-bond acceptors (Lipinski definition) is 9. The molecule has 9 nitrogen and oxygen atoms in total. The maximum Gasteiger partial charge on any atom is 0.512 e. The van der Waals surface area contributed by atoms with Crippen LogP contribution >= 0.6 is 0 Å². The Bertz CT molecular complexity index is 1070. The average molecular weight is 703 g/mol. The quantitative estimate of drug-likeness (QED) is 0.406. The van der Waals surface area contributed by atoms with Gasteiger partial charge in [0.15, 0.2) is 0 Å². The molecular formula is C24H46O9Si8. The van der Waals surface area contributed by atoms with Crippen molar-refractivity contribution in [3.8, 4) is 0 Å². The lowest BCUT2D eigenvalue weighted by atomic mass is 10.4. The predicted octanol–water partition coefficient (Wildman–Crippen LogP) is 5.07. The highest BCUT2D eigenvalue weighted by Crippen LogP contribution is 2.37. The van der Waals surface area contributed by atoms with Crippen molar-refractivity contribution in [1.29, 1.82) is 0 Å². The van der Waals surface area contributed by atoms with Crippen LogP contribution in [-0.4, -0.2) is 69.0 Å². The molecule has 2 aliphatic rings. The van der Waals surface area contributed by atoms with Gasteiger partial charge in [0.2, 0.25) is 0 Å². The number of hydrogen-bond donors (Lipinski definition) is 0. The van der Waals surface area contributed by atoms with Crippen molar-refractivity contribution in [1.82, 2.24) is 0 Å². The molecule has 2 aliphatic heterocycles. The Kier molecular flexibility index (Phi) is 9.30. The van der Waals surface area contributed by atoms with E-state index in [0.29, 0.717) is 0 Å². The zero-order valence-corrected chi connectivity index (χ0v) is 34.4. The van der Waals surface area contributed by atoms with Gasteiger partial charge in [-0.15, -0.1) is 0 Å². The van der Waals surface area contributed by atoms with E-state index >= 15 is 0 Å². The lowest BCUT2D eigenvalue weighted by molar-refractivity contribution is 0.137. The zero-order valence-electron chi connectivity index (χ0n) is 26.4. The maximum atomic E-state index is 7.47. The molecule has 41 heavy (non-hydrogen) atoms. The molecule has 2 aromatic carbocycles. The molecule has 0 aromatic heterocycles. The topological polar surface area (TPSA) is 83.1 Å². The van der Waals surface area contributed by atoms with Gasteiger partial charge in [-0.3, -0.25) is 0 Å². The highest BCUT2D eigenvalue weighted by molar-refractivity contribution is 7.02. The van der Waals surface area contributed by atoms with Crippen LogP contribution in [0.5, 0.6) is 0 Å². The first-order valence-corrected chi connectivity index (χ1v) is 34.3. The molecule has 0 aliphatic carbocycles. The van der Waals surface area contributed by atoms with E-state index in [1.54, 1.807) is 0 Å². The van der Waals surface area contributed by atoms with Gasteiger partial charge in [-0.25, -0.2) is 0 Å². The molecule has 0 atom stereocenters. The van der Waals surface area contributed by atoms with Crippen molar-refractivity contribution < 1.29 is 37.0 Å². The summed E-state index contributed by atoms with van der Waals surface area (Å²) >= 11 is 0. The van der Waals surface area contributed by atoms with Crippen molar-refractivity contribution in [2.75, 3.05) is 0 Å². The molecule has 2 heterocycles. The van der Waals surface area contributed by atoms with Crippen LogP contribution in [0.25, 0.3) is 0 Å². The smallest absolute Gasteiger partial charge is 0.416 e. The predicted molar refractivity (Wildman–Crippen MR) is 178 cm³/mol. The van der Waals surface area contributed by atoms with Gasteiger partial charge in [-0.05, 0) is 78.6 Å². The average Bonchev–Trinajstić information content (AvgIpc) is 2.74. The zero-order chi connectivity index (χ0) is 30.6. The van der Waals surface area contributed by atoms with E-state index in [1.807, 2.05) is 139 Å². The van der Waals surface area contributed by atoms with Crippen LogP contribution in [0.15, 0.2) is 60.7 Å². The maximum absolute atomic E-state index is 7.47. The molecule has 0 saturated carbocycles. The molecule has 17 heteroatoms. The third-order valence-electron chi connectivity index (χ3n) is 6.01. The molecule has 0 amide bonds. The van der Waals surface area contributed by atoms with Gasteiger partial charge in [0.25, 0.3) is 0 Å². The molecule has 0 bridgehead atoms. The summed E-state index contributed by atoms with van der Waals surface area (Å²) in [6.45, 7) is 24.4. The van der Waals surface area contributed by atoms with Crippen LogP contribution in [0.3, 0.4) is 0 Å². The lowest BCUT2D eigenvalue weighted by Crippen LogP contribution is -2.79. The summed E-state index contributed by atoms with van der Waals surface area (Å²) in [5, 5.41) is 1.62. The van der Waals surface area contributed by atoms with Crippen molar-refractivity contribution in [3.05, 3.63) is 60.7 Å². The van der Waals surface area contributed by atoms with Gasteiger partial charge in [0.05, 0.1) is 0 Å². The Morgan fingerprint density at radius 3 is 0.805 bits per heavy atom. The molecule has 2 fully saturated rings. The molecular weight excluding hydrogens is 657 g/mol. The third kappa shape index (κ3) is 8.51. The van der Waals surface area contributed by atoms with Crippen molar-refractivity contribution in [2.24, 2.45) is 0 Å². The summed E-state index contributed by atoms with van der Waals surface area (Å²) in [6.07, 6.45) is 0. The summed E-state index contributed by atoms with van der Waals surface area (Å²) in [5.74, 6) is 0. The minimum Gasteiger partial charge on any atom is -0.416 e. The first-order chi connectivity index (χ1) is 18.6. The van der Waals surface area contributed by atoms with Gasteiger partial charge < -0.3 is 37.0 Å². The number of rotatable bonds is 4. The highest BCUT2D eigenvalue weighted by atomic mass is 28.6. The van der Waals surface area contributed by atoms with Crippen LogP contribution in [-0.2, 0) is 37.0 Å². The largest absolute Gasteiger partial charge is 0.512 e. The molecule has 4 rings (SSSR count). The van der Waals surface area contributed by atoms with Gasteiger partial charge in [0.1, 0.15) is 0 Å². The minimum absolute atomic E-state index is 0.808. The SMILES string of the molecule is C[Si]1(C)O[Si](C)(C)O[Si](O[Si]2(c3ccccc3)O[Si](C)(C)O[Si](C)(C)O[Si](C)(C)O2)(c2ccccc2)O[Si](C)(C)O1. The molecule has 0 unspecified atom stereocenters. The van der Waals surface area contributed by atoms with Crippen molar-refractivity contribution in [2.45, 2.75) is 78.6 Å². The standard InChI is InChI=1S/C24H46O9Si8/c1-34(2)25-36(5,6)29-40(30-37(7,8)26-34,23-19-15-13-16-20-23)33-41(24-21-17-14-18-22-24)31-38(9,10)27-35(3,4)28-39(11,12)32-41/h13-22H,1-12H3. The fourth-order valence-electron chi connectivity index (χ4n) is 5.73. The Labute approximate surface area is 254 Å². The van der Waals surface area contributed by atoms with Gasteiger partial charge in [0, 0.05) is 10.4 Å². The van der Waals surface area contributed by atoms with Crippen LogP contribution in [0, 0.1) is 0 Å². The summed E-state index contributed by atoms with van der Waals surface area (Å²) < 4.78 is 62.9. The van der Waals surface area contributed by atoms with Crippen LogP contribution < -0.4 is 10.4 Å². The van der Waals surface area contributed by atoms with Crippen molar-refractivity contribution >= 4 is 79.3 Å². The van der Waals surface area contributed by atoms with Gasteiger partial charge >= 0.3 is 69.0 Å². The third-order valence-corrected chi connectivity index (χ3v) is 38.1. The summed E-state index contributed by atoms with van der Waals surface area (Å²) in [4.78, 5) is 0. The van der Waals surface area contributed by atoms with E-state index in [4.69, 9.17) is 37.0 Å². The normalized spacial score (nSPS) is 27.4. The number of benzene rings is 2. The Morgan fingerprint density at radius 2 is 0.561 bits per heavy atom.